The molecule has 128 valence electrons. The molecule has 0 atom stereocenters. The predicted octanol–water partition coefficient (Wildman–Crippen LogP) is 0.861. The molecule has 7 heteroatoms. The Hall–Kier alpha value is -2.66. The number of guanidine groups is 1. The highest BCUT2D eigenvalue weighted by atomic mass is 16.5. The maximum absolute atomic E-state index is 11.0. The van der Waals surface area contributed by atoms with Gasteiger partial charge in [0, 0.05) is 14.0 Å². The van der Waals surface area contributed by atoms with E-state index in [4.69, 9.17) is 9.47 Å². The minimum Gasteiger partial charge on any atom is -0.434 e. The van der Waals surface area contributed by atoms with Gasteiger partial charge < -0.3 is 9.47 Å². The number of amidine groups is 1. The molecule has 0 spiro atoms. The van der Waals surface area contributed by atoms with Gasteiger partial charge in [-0.25, -0.2) is 4.67 Å². The highest BCUT2D eigenvalue weighted by molar-refractivity contribution is 5.96. The Balaban J connectivity index is 1.81. The van der Waals surface area contributed by atoms with E-state index in [1.165, 1.54) is 6.92 Å². The Bertz CT molecular complexity index is 659. The van der Waals surface area contributed by atoms with Crippen molar-refractivity contribution in [2.75, 3.05) is 38.6 Å². The molecule has 0 amide bonds. The summed E-state index contributed by atoms with van der Waals surface area (Å²) in [4.78, 5) is 15.2. The van der Waals surface area contributed by atoms with E-state index in [9.17, 15) is 4.79 Å². The van der Waals surface area contributed by atoms with Crippen LogP contribution < -0.4 is 14.7 Å². The van der Waals surface area contributed by atoms with E-state index in [2.05, 4.69) is 14.9 Å². The molecule has 0 aromatic heterocycles. The Kier molecular flexibility index (Phi) is 4.91. The van der Waals surface area contributed by atoms with Gasteiger partial charge >= 0.3 is 18.0 Å². The standard InChI is InChI=1S/C17H22N4O3/c1-13(22)24-15-7-5-14(6-8-15)18-16(21-9-3-4-10-21)19-17-20(2)11-12-23-17/h5-8H,3-4,9-12H2,1-2H3/p+1. The molecule has 1 aromatic rings. The molecule has 2 aliphatic rings. The summed E-state index contributed by atoms with van der Waals surface area (Å²) in [5.41, 5.74) is 0.887. The van der Waals surface area contributed by atoms with Crippen LogP contribution in [0.5, 0.6) is 5.75 Å². The van der Waals surface area contributed by atoms with Gasteiger partial charge in [0.15, 0.2) is 0 Å². The summed E-state index contributed by atoms with van der Waals surface area (Å²) in [6.07, 6.45) is 2.33. The largest absolute Gasteiger partial charge is 0.454 e. The first-order valence-electron chi connectivity index (χ1n) is 8.22. The smallest absolute Gasteiger partial charge is 0.434 e. The van der Waals surface area contributed by atoms with E-state index in [-0.39, 0.29) is 5.97 Å². The molecule has 1 N–H and O–H groups in total. The first kappa shape index (κ1) is 16.2. The first-order valence-corrected chi connectivity index (χ1v) is 8.22. The molecule has 3 rings (SSSR count). The van der Waals surface area contributed by atoms with Crippen LogP contribution in [-0.2, 0) is 9.53 Å². The first-order chi connectivity index (χ1) is 11.6. The Morgan fingerprint density at radius 1 is 1.21 bits per heavy atom. The molecule has 2 saturated heterocycles. The van der Waals surface area contributed by atoms with Gasteiger partial charge in [0.1, 0.15) is 12.4 Å². The van der Waals surface area contributed by atoms with Crippen molar-refractivity contribution in [2.45, 2.75) is 19.8 Å². The zero-order valence-corrected chi connectivity index (χ0v) is 14.1. The number of anilines is 1. The van der Waals surface area contributed by atoms with Crippen LogP contribution in [0.3, 0.4) is 0 Å². The van der Waals surface area contributed by atoms with E-state index >= 15 is 0 Å². The fourth-order valence-electron chi connectivity index (χ4n) is 2.70. The minimum atomic E-state index is -0.326. The molecule has 0 radical (unpaired) electrons. The lowest BCUT2D eigenvalue weighted by Crippen LogP contribution is -2.38. The van der Waals surface area contributed by atoms with Crippen LogP contribution in [0.4, 0.5) is 5.69 Å². The summed E-state index contributed by atoms with van der Waals surface area (Å²) >= 11 is 0. The zero-order valence-electron chi connectivity index (χ0n) is 14.1. The molecule has 2 heterocycles. The third-order valence-electron chi connectivity index (χ3n) is 3.96. The SMILES string of the molecule is CC(=O)Oc1ccc(NC(=[N+]=C2OCCN2C)N2CCCC2)cc1. The number of benzene rings is 1. The molecule has 2 aliphatic heterocycles. The number of esters is 1. The van der Waals surface area contributed by atoms with Gasteiger partial charge in [-0.3, -0.25) is 19.9 Å². The van der Waals surface area contributed by atoms with Crippen molar-refractivity contribution in [3.8, 4) is 5.75 Å². The number of ether oxygens (including phenoxy) is 2. The summed E-state index contributed by atoms with van der Waals surface area (Å²) in [5.74, 6) is 0.991. The minimum absolute atomic E-state index is 0.326. The fraction of sp³-hybridized carbons (Fsp3) is 0.471. The average molecular weight is 331 g/mol. The van der Waals surface area contributed by atoms with Gasteiger partial charge in [0.25, 0.3) is 0 Å². The van der Waals surface area contributed by atoms with Gasteiger partial charge in [0.2, 0.25) is 0 Å². The number of carbonyl (C=O) groups is 1. The average Bonchev–Trinajstić information content (AvgIpc) is 3.20. The van der Waals surface area contributed by atoms with Crippen LogP contribution in [0.15, 0.2) is 24.3 Å². The lowest BCUT2D eigenvalue weighted by molar-refractivity contribution is -0.131. The van der Waals surface area contributed by atoms with Crippen molar-refractivity contribution in [3.05, 3.63) is 24.3 Å². The second-order valence-corrected chi connectivity index (χ2v) is 5.93. The van der Waals surface area contributed by atoms with Crippen LogP contribution in [-0.4, -0.2) is 61.0 Å². The number of nitrogens with zero attached hydrogens (tertiary/aromatic N) is 3. The predicted molar refractivity (Wildman–Crippen MR) is 92.9 cm³/mol. The summed E-state index contributed by atoms with van der Waals surface area (Å²) in [6, 6.07) is 7.90. The maximum atomic E-state index is 11.0. The Morgan fingerprint density at radius 2 is 1.92 bits per heavy atom. The number of nitrogens with one attached hydrogen (secondary N) is 1. The normalized spacial score (nSPS) is 16.7. The molecule has 24 heavy (non-hydrogen) atoms. The molecule has 1 aromatic carbocycles. The topological polar surface area (TPSA) is 68.1 Å². The van der Waals surface area contributed by atoms with E-state index < -0.39 is 0 Å². The maximum Gasteiger partial charge on any atom is 0.454 e. The monoisotopic (exact) mass is 331 g/mol. The van der Waals surface area contributed by atoms with E-state index in [0.717, 1.165) is 44.1 Å². The number of hydrogen-bond donors (Lipinski definition) is 1. The summed E-state index contributed by atoms with van der Waals surface area (Å²) in [7, 11) is 1.97. The number of likely N-dealkylation sites (tertiary alicyclic amines) is 1. The lowest BCUT2D eigenvalue weighted by atomic mass is 10.3. The molecule has 2 fully saturated rings. The number of hydrogen-bond acceptors (Lipinski definition) is 3. The van der Waals surface area contributed by atoms with Gasteiger partial charge in [-0.05, 0) is 37.1 Å². The van der Waals surface area contributed by atoms with E-state index in [1.54, 1.807) is 12.1 Å². The van der Waals surface area contributed by atoms with Crippen LogP contribution in [0.25, 0.3) is 0 Å². The number of carbonyl (C=O) groups excluding carboxylic acids is 1. The number of rotatable bonds is 2. The third kappa shape index (κ3) is 4.00. The van der Waals surface area contributed by atoms with Crippen molar-refractivity contribution >= 4 is 23.6 Å². The van der Waals surface area contributed by atoms with Gasteiger partial charge in [-0.1, -0.05) is 0 Å². The second-order valence-electron chi connectivity index (χ2n) is 5.93. The molecular formula is C17H23N4O3+. The zero-order chi connectivity index (χ0) is 16.9. The summed E-state index contributed by atoms with van der Waals surface area (Å²) < 4.78 is 15.3. The quantitative estimate of drug-likeness (QED) is 0.285. The molecular weight excluding hydrogens is 308 g/mol. The van der Waals surface area contributed by atoms with Crippen LogP contribution in [0.1, 0.15) is 19.8 Å². The Labute approximate surface area is 141 Å². The number of likely N-dealkylation sites (N-methyl/N-ethyl adjacent to an activating group) is 1. The third-order valence-corrected chi connectivity index (χ3v) is 3.96. The van der Waals surface area contributed by atoms with Crippen LogP contribution in [0, 0.1) is 0 Å². The second kappa shape index (κ2) is 7.27. The van der Waals surface area contributed by atoms with Crippen LogP contribution in [0.2, 0.25) is 0 Å². The van der Waals surface area contributed by atoms with E-state index in [0.29, 0.717) is 18.4 Å². The molecule has 0 saturated carbocycles. The molecule has 0 aliphatic carbocycles. The van der Waals surface area contributed by atoms with Crippen molar-refractivity contribution in [3.63, 3.8) is 0 Å². The van der Waals surface area contributed by atoms with Crippen molar-refractivity contribution in [1.29, 1.82) is 0 Å². The van der Waals surface area contributed by atoms with Crippen molar-refractivity contribution in [2.24, 2.45) is 0 Å². The van der Waals surface area contributed by atoms with Crippen LogP contribution >= 0.6 is 0 Å². The van der Waals surface area contributed by atoms with Gasteiger partial charge in [-0.2, -0.15) is 0 Å². The molecule has 0 unspecified atom stereocenters. The Morgan fingerprint density at radius 3 is 2.50 bits per heavy atom. The highest BCUT2D eigenvalue weighted by Gasteiger charge is 2.27. The summed E-state index contributed by atoms with van der Waals surface area (Å²) in [6.45, 7) is 4.87. The fourth-order valence-corrected chi connectivity index (χ4v) is 2.70. The van der Waals surface area contributed by atoms with Gasteiger partial charge in [0.05, 0.1) is 25.3 Å². The lowest BCUT2D eigenvalue weighted by Gasteiger charge is -2.13. The van der Waals surface area contributed by atoms with Crippen molar-refractivity contribution < 1.29 is 14.3 Å². The molecule has 7 nitrogen and oxygen atoms in total. The highest BCUT2D eigenvalue weighted by Crippen LogP contribution is 2.17. The summed E-state index contributed by atoms with van der Waals surface area (Å²) in [5, 5.41) is 3.36. The van der Waals surface area contributed by atoms with Crippen molar-refractivity contribution in [1.82, 2.24) is 14.5 Å². The van der Waals surface area contributed by atoms with E-state index in [1.807, 2.05) is 24.1 Å². The van der Waals surface area contributed by atoms with Gasteiger partial charge in [-0.15, -0.1) is 0 Å². The molecule has 0 bridgehead atoms.